The number of benzene rings is 1. The van der Waals surface area contributed by atoms with Crippen LogP contribution >= 0.6 is 12.4 Å². The fraction of sp³-hybridized carbons (Fsp3) is 0.562. The van der Waals surface area contributed by atoms with Gasteiger partial charge in [-0.1, -0.05) is 24.6 Å². The molecule has 1 fully saturated rings. The van der Waals surface area contributed by atoms with Gasteiger partial charge in [0.1, 0.15) is 0 Å². The standard InChI is InChI=1S/C16H22N2O.ClH/c1-4-16(19)18-14-6-5-11(2)9-12(14)13-10-17(3)8-7-15(13)18;/h5-6,9,13,15H,4,7-8,10H2,1-3H3;1H. The molecule has 2 heterocycles. The van der Waals surface area contributed by atoms with Crippen LogP contribution in [0.3, 0.4) is 0 Å². The molecule has 4 heteroatoms. The molecule has 1 saturated heterocycles. The number of halogens is 1. The van der Waals surface area contributed by atoms with Crippen molar-refractivity contribution in [2.75, 3.05) is 25.0 Å². The third-order valence-corrected chi connectivity index (χ3v) is 4.52. The van der Waals surface area contributed by atoms with E-state index < -0.39 is 0 Å². The molecule has 1 amide bonds. The lowest BCUT2D eigenvalue weighted by atomic mass is 9.89. The van der Waals surface area contributed by atoms with E-state index in [4.69, 9.17) is 0 Å². The molecule has 0 aromatic heterocycles. The number of rotatable bonds is 1. The highest BCUT2D eigenvalue weighted by Crippen LogP contribution is 2.45. The molecule has 0 aliphatic carbocycles. The molecule has 3 rings (SSSR count). The highest BCUT2D eigenvalue weighted by atomic mass is 35.5. The second-order valence-corrected chi connectivity index (χ2v) is 5.90. The number of anilines is 1. The van der Waals surface area contributed by atoms with E-state index in [2.05, 4.69) is 42.0 Å². The Morgan fingerprint density at radius 3 is 2.85 bits per heavy atom. The van der Waals surface area contributed by atoms with Crippen molar-refractivity contribution < 1.29 is 4.79 Å². The van der Waals surface area contributed by atoms with Gasteiger partial charge < -0.3 is 9.80 Å². The van der Waals surface area contributed by atoms with Crippen LogP contribution in [0.4, 0.5) is 5.69 Å². The maximum absolute atomic E-state index is 12.3. The summed E-state index contributed by atoms with van der Waals surface area (Å²) in [5.41, 5.74) is 3.82. The summed E-state index contributed by atoms with van der Waals surface area (Å²) in [7, 11) is 2.18. The number of carbonyl (C=O) groups excluding carboxylic acids is 1. The molecule has 0 bridgehead atoms. The van der Waals surface area contributed by atoms with Crippen molar-refractivity contribution in [2.24, 2.45) is 0 Å². The van der Waals surface area contributed by atoms with Gasteiger partial charge in [0.05, 0.1) is 0 Å². The zero-order valence-electron chi connectivity index (χ0n) is 12.4. The summed E-state index contributed by atoms with van der Waals surface area (Å²) in [4.78, 5) is 16.8. The van der Waals surface area contributed by atoms with E-state index in [1.807, 2.05) is 6.92 Å². The van der Waals surface area contributed by atoms with Crippen LogP contribution in [-0.2, 0) is 4.79 Å². The Labute approximate surface area is 127 Å². The van der Waals surface area contributed by atoms with Crippen LogP contribution in [0.25, 0.3) is 0 Å². The second-order valence-electron chi connectivity index (χ2n) is 5.90. The first-order valence-electron chi connectivity index (χ1n) is 7.23. The number of carbonyl (C=O) groups is 1. The molecular formula is C16H23ClN2O. The maximum atomic E-state index is 12.3. The van der Waals surface area contributed by atoms with Crippen LogP contribution in [-0.4, -0.2) is 37.0 Å². The Bertz CT molecular complexity index is 517. The zero-order chi connectivity index (χ0) is 13.6. The number of aryl methyl sites for hydroxylation is 1. The van der Waals surface area contributed by atoms with E-state index in [0.29, 0.717) is 18.4 Å². The van der Waals surface area contributed by atoms with Crippen molar-refractivity contribution in [3.8, 4) is 0 Å². The summed E-state index contributed by atoms with van der Waals surface area (Å²) < 4.78 is 0. The van der Waals surface area contributed by atoms with Gasteiger partial charge in [-0.15, -0.1) is 12.4 Å². The van der Waals surface area contributed by atoms with Crippen LogP contribution < -0.4 is 4.90 Å². The fourth-order valence-corrected chi connectivity index (χ4v) is 3.58. The molecule has 0 saturated carbocycles. The van der Waals surface area contributed by atoms with Crippen LogP contribution in [0.15, 0.2) is 18.2 Å². The Kier molecular flexibility index (Phi) is 4.40. The quantitative estimate of drug-likeness (QED) is 0.795. The smallest absolute Gasteiger partial charge is 0.226 e. The Morgan fingerprint density at radius 2 is 2.15 bits per heavy atom. The van der Waals surface area contributed by atoms with Gasteiger partial charge in [-0.25, -0.2) is 0 Å². The van der Waals surface area contributed by atoms with Crippen molar-refractivity contribution in [3.63, 3.8) is 0 Å². The van der Waals surface area contributed by atoms with E-state index in [9.17, 15) is 4.79 Å². The number of piperidine rings is 1. The van der Waals surface area contributed by atoms with E-state index in [-0.39, 0.29) is 18.3 Å². The lowest BCUT2D eigenvalue weighted by Gasteiger charge is -2.36. The molecule has 2 unspecified atom stereocenters. The minimum atomic E-state index is 0. The number of hydrogen-bond donors (Lipinski definition) is 0. The van der Waals surface area contributed by atoms with Crippen LogP contribution in [0, 0.1) is 6.92 Å². The molecule has 20 heavy (non-hydrogen) atoms. The number of likely N-dealkylation sites (N-methyl/N-ethyl adjacent to an activating group) is 1. The first-order chi connectivity index (χ1) is 9.11. The van der Waals surface area contributed by atoms with E-state index >= 15 is 0 Å². The maximum Gasteiger partial charge on any atom is 0.226 e. The van der Waals surface area contributed by atoms with E-state index in [0.717, 1.165) is 25.2 Å². The minimum Gasteiger partial charge on any atom is -0.308 e. The van der Waals surface area contributed by atoms with Gasteiger partial charge in [-0.3, -0.25) is 4.79 Å². The number of likely N-dealkylation sites (tertiary alicyclic amines) is 1. The van der Waals surface area contributed by atoms with Crippen LogP contribution in [0.2, 0.25) is 0 Å². The van der Waals surface area contributed by atoms with Gasteiger partial charge in [0.15, 0.2) is 0 Å². The predicted molar refractivity (Wildman–Crippen MR) is 84.8 cm³/mol. The number of nitrogens with zero attached hydrogens (tertiary/aromatic N) is 2. The van der Waals surface area contributed by atoms with Crippen molar-refractivity contribution in [1.29, 1.82) is 0 Å². The summed E-state index contributed by atoms with van der Waals surface area (Å²) in [6, 6.07) is 6.90. The Balaban J connectivity index is 0.00000147. The highest BCUT2D eigenvalue weighted by molar-refractivity contribution is 5.96. The van der Waals surface area contributed by atoms with Crippen LogP contribution in [0.5, 0.6) is 0 Å². The largest absolute Gasteiger partial charge is 0.308 e. The van der Waals surface area contributed by atoms with Gasteiger partial charge in [0.2, 0.25) is 5.91 Å². The van der Waals surface area contributed by atoms with Crippen molar-refractivity contribution >= 4 is 24.0 Å². The molecule has 110 valence electrons. The van der Waals surface area contributed by atoms with Crippen LogP contribution in [0.1, 0.15) is 36.8 Å². The third-order valence-electron chi connectivity index (χ3n) is 4.52. The molecule has 1 aromatic carbocycles. The summed E-state index contributed by atoms with van der Waals surface area (Å²) in [5.74, 6) is 0.756. The van der Waals surface area contributed by atoms with E-state index in [1.165, 1.54) is 11.1 Å². The van der Waals surface area contributed by atoms with Crippen molar-refractivity contribution in [2.45, 2.75) is 38.6 Å². The number of hydrogen-bond acceptors (Lipinski definition) is 2. The predicted octanol–water partition coefficient (Wildman–Crippen LogP) is 2.96. The van der Waals surface area contributed by atoms with Crippen molar-refractivity contribution in [3.05, 3.63) is 29.3 Å². The first kappa shape index (κ1) is 15.3. The summed E-state index contributed by atoms with van der Waals surface area (Å²) >= 11 is 0. The Hall–Kier alpha value is -1.06. The summed E-state index contributed by atoms with van der Waals surface area (Å²) in [6.07, 6.45) is 1.67. The zero-order valence-corrected chi connectivity index (χ0v) is 13.2. The molecule has 1 aromatic rings. The average molecular weight is 295 g/mol. The topological polar surface area (TPSA) is 23.6 Å². The lowest BCUT2D eigenvalue weighted by Crippen LogP contribution is -2.46. The second kappa shape index (κ2) is 5.74. The lowest BCUT2D eigenvalue weighted by molar-refractivity contribution is -0.118. The van der Waals surface area contributed by atoms with Crippen molar-refractivity contribution in [1.82, 2.24) is 4.90 Å². The average Bonchev–Trinajstić information content (AvgIpc) is 2.71. The first-order valence-corrected chi connectivity index (χ1v) is 7.23. The fourth-order valence-electron chi connectivity index (χ4n) is 3.58. The molecule has 0 spiro atoms. The van der Waals surface area contributed by atoms with Gasteiger partial charge in [-0.05, 0) is 38.6 Å². The van der Waals surface area contributed by atoms with Gasteiger partial charge >= 0.3 is 0 Å². The molecule has 3 nitrogen and oxygen atoms in total. The summed E-state index contributed by atoms with van der Waals surface area (Å²) in [5, 5.41) is 0. The molecule has 0 N–H and O–H groups in total. The molecule has 2 aliphatic rings. The van der Waals surface area contributed by atoms with Gasteiger partial charge in [-0.2, -0.15) is 0 Å². The van der Waals surface area contributed by atoms with Gasteiger partial charge in [0, 0.05) is 30.6 Å². The molecular weight excluding hydrogens is 272 g/mol. The third kappa shape index (κ3) is 2.33. The Morgan fingerprint density at radius 1 is 1.40 bits per heavy atom. The van der Waals surface area contributed by atoms with Gasteiger partial charge in [0.25, 0.3) is 0 Å². The normalized spacial score (nSPS) is 24.9. The summed E-state index contributed by atoms with van der Waals surface area (Å²) in [6.45, 7) is 6.24. The SMILES string of the molecule is CCC(=O)N1c2ccc(C)cc2C2CN(C)CCC21.Cl. The molecule has 2 atom stereocenters. The number of amides is 1. The monoisotopic (exact) mass is 294 g/mol. The number of fused-ring (bicyclic) bond motifs is 3. The molecule has 0 radical (unpaired) electrons. The highest BCUT2D eigenvalue weighted by Gasteiger charge is 2.43. The minimum absolute atomic E-state index is 0. The van der Waals surface area contributed by atoms with E-state index in [1.54, 1.807) is 0 Å². The molecule has 2 aliphatic heterocycles.